The van der Waals surface area contributed by atoms with Crippen molar-refractivity contribution in [1.82, 2.24) is 15.2 Å². The summed E-state index contributed by atoms with van der Waals surface area (Å²) in [4.78, 5) is 22.3. The fourth-order valence-electron chi connectivity index (χ4n) is 3.30. The second-order valence-corrected chi connectivity index (χ2v) is 8.55. The summed E-state index contributed by atoms with van der Waals surface area (Å²) in [5.41, 5.74) is 0.961. The van der Waals surface area contributed by atoms with Gasteiger partial charge in [0.25, 0.3) is 5.91 Å². The second kappa shape index (κ2) is 8.89. The average Bonchev–Trinajstić information content (AvgIpc) is 3.39. The number of rotatable bonds is 7. The van der Waals surface area contributed by atoms with Crippen LogP contribution in [0.1, 0.15) is 16.6 Å². The van der Waals surface area contributed by atoms with Gasteiger partial charge in [-0.1, -0.05) is 23.5 Å². The summed E-state index contributed by atoms with van der Waals surface area (Å²) in [6.07, 6.45) is 0. The number of thiazole rings is 1. The van der Waals surface area contributed by atoms with Gasteiger partial charge < -0.3 is 15.0 Å². The molecule has 0 bridgehead atoms. The molecule has 0 saturated carbocycles. The van der Waals surface area contributed by atoms with Gasteiger partial charge in [0.1, 0.15) is 11.3 Å². The van der Waals surface area contributed by atoms with Gasteiger partial charge in [-0.25, -0.2) is 4.98 Å². The van der Waals surface area contributed by atoms with Gasteiger partial charge in [-0.05, 0) is 30.5 Å². The Balaban J connectivity index is 1.29. The number of carbonyl (C=O) groups is 1. The minimum atomic E-state index is 0.0215. The van der Waals surface area contributed by atoms with E-state index in [0.717, 1.165) is 54.0 Å². The summed E-state index contributed by atoms with van der Waals surface area (Å²) in [5.74, 6) is 0.885. The zero-order valence-corrected chi connectivity index (χ0v) is 17.5. The fraction of sp³-hybridized carbons (Fsp3) is 0.400. The molecule has 0 spiro atoms. The zero-order valence-electron chi connectivity index (χ0n) is 15.9. The number of fused-ring (bicyclic) bond motifs is 1. The minimum absolute atomic E-state index is 0.0215. The molecule has 1 aliphatic heterocycles. The number of aromatic nitrogens is 1. The Morgan fingerprint density at radius 3 is 2.82 bits per heavy atom. The van der Waals surface area contributed by atoms with Crippen LogP contribution in [0, 0.1) is 0 Å². The molecule has 4 rings (SSSR count). The summed E-state index contributed by atoms with van der Waals surface area (Å²) in [6, 6.07) is 9.87. The van der Waals surface area contributed by atoms with Gasteiger partial charge in [0.05, 0.1) is 16.2 Å². The molecule has 28 heavy (non-hydrogen) atoms. The lowest BCUT2D eigenvalue weighted by molar-refractivity contribution is 0.0952. The summed E-state index contributed by atoms with van der Waals surface area (Å²) < 4.78 is 6.88. The van der Waals surface area contributed by atoms with Crippen LogP contribution in [0.15, 0.2) is 35.7 Å². The van der Waals surface area contributed by atoms with Crippen molar-refractivity contribution in [3.63, 3.8) is 0 Å². The van der Waals surface area contributed by atoms with E-state index in [9.17, 15) is 4.79 Å². The maximum atomic E-state index is 12.0. The van der Waals surface area contributed by atoms with Crippen LogP contribution in [-0.2, 0) is 0 Å². The van der Waals surface area contributed by atoms with E-state index < -0.39 is 0 Å². The van der Waals surface area contributed by atoms with Crippen LogP contribution >= 0.6 is 22.7 Å². The molecule has 3 heterocycles. The Kier molecular flexibility index (Phi) is 6.09. The van der Waals surface area contributed by atoms with Crippen LogP contribution in [0.3, 0.4) is 0 Å². The highest BCUT2D eigenvalue weighted by molar-refractivity contribution is 7.22. The van der Waals surface area contributed by atoms with E-state index in [0.29, 0.717) is 13.2 Å². The predicted molar refractivity (Wildman–Crippen MR) is 116 cm³/mol. The molecule has 1 aliphatic rings. The maximum absolute atomic E-state index is 12.0. The van der Waals surface area contributed by atoms with Gasteiger partial charge in [-0.2, -0.15) is 0 Å². The van der Waals surface area contributed by atoms with Gasteiger partial charge in [-0.3, -0.25) is 9.69 Å². The molecule has 1 amide bonds. The van der Waals surface area contributed by atoms with Crippen molar-refractivity contribution >= 4 is 43.9 Å². The third-order valence-electron chi connectivity index (χ3n) is 4.77. The quantitative estimate of drug-likeness (QED) is 0.640. The highest BCUT2D eigenvalue weighted by Gasteiger charge is 2.20. The molecule has 6 nitrogen and oxygen atoms in total. The van der Waals surface area contributed by atoms with E-state index in [2.05, 4.69) is 21.2 Å². The molecule has 0 atom stereocenters. The Bertz CT molecular complexity index is 918. The first-order chi connectivity index (χ1) is 13.7. The number of piperazine rings is 1. The normalized spacial score (nSPS) is 15.1. The van der Waals surface area contributed by atoms with Gasteiger partial charge in [0.15, 0.2) is 5.13 Å². The average molecular weight is 417 g/mol. The van der Waals surface area contributed by atoms with E-state index in [1.807, 2.05) is 36.6 Å². The number of carbonyl (C=O) groups excluding carboxylic acids is 1. The summed E-state index contributed by atoms with van der Waals surface area (Å²) >= 11 is 3.20. The van der Waals surface area contributed by atoms with Gasteiger partial charge in [-0.15, -0.1) is 11.3 Å². The van der Waals surface area contributed by atoms with Crippen molar-refractivity contribution in [3.8, 4) is 5.75 Å². The first kappa shape index (κ1) is 19.2. The molecule has 0 unspecified atom stereocenters. The Morgan fingerprint density at radius 1 is 1.21 bits per heavy atom. The molecule has 8 heteroatoms. The number of hydrogen-bond acceptors (Lipinski definition) is 7. The van der Waals surface area contributed by atoms with Crippen LogP contribution in [0.5, 0.6) is 5.75 Å². The SMILES string of the molecule is CCOc1cccc2sc(N3CCN(CCNC(=O)c4cccs4)CC3)nc12. The van der Waals surface area contributed by atoms with E-state index >= 15 is 0 Å². The van der Waals surface area contributed by atoms with E-state index in [1.54, 1.807) is 11.3 Å². The van der Waals surface area contributed by atoms with Gasteiger partial charge >= 0.3 is 0 Å². The molecular formula is C20H24N4O2S2. The molecule has 1 saturated heterocycles. The van der Waals surface area contributed by atoms with Crippen LogP contribution in [-0.4, -0.2) is 61.7 Å². The largest absolute Gasteiger partial charge is 0.492 e. The number of thiophene rings is 1. The van der Waals surface area contributed by atoms with E-state index in [1.165, 1.54) is 16.0 Å². The standard InChI is InChI=1S/C20H24N4O2S2/c1-2-26-15-5-3-6-16-18(15)22-20(28-16)24-12-10-23(11-13-24)9-8-21-19(25)17-7-4-14-27-17/h3-7,14H,2,8-13H2,1H3,(H,21,25). The zero-order chi connectivity index (χ0) is 19.3. The number of ether oxygens (including phenoxy) is 1. The minimum Gasteiger partial charge on any atom is -0.492 e. The fourth-order valence-corrected chi connectivity index (χ4v) is 4.98. The lowest BCUT2D eigenvalue weighted by atomic mass is 10.3. The van der Waals surface area contributed by atoms with Crippen molar-refractivity contribution < 1.29 is 9.53 Å². The smallest absolute Gasteiger partial charge is 0.261 e. The van der Waals surface area contributed by atoms with Crippen LogP contribution < -0.4 is 15.0 Å². The lowest BCUT2D eigenvalue weighted by Crippen LogP contribution is -2.48. The van der Waals surface area contributed by atoms with Crippen molar-refractivity contribution in [3.05, 3.63) is 40.6 Å². The highest BCUT2D eigenvalue weighted by atomic mass is 32.1. The molecule has 1 aromatic carbocycles. The molecule has 2 aromatic heterocycles. The Hall–Kier alpha value is -2.16. The molecule has 1 fully saturated rings. The Labute approximate surface area is 172 Å². The highest BCUT2D eigenvalue weighted by Crippen LogP contribution is 2.34. The van der Waals surface area contributed by atoms with E-state index in [-0.39, 0.29) is 5.91 Å². The van der Waals surface area contributed by atoms with Crippen molar-refractivity contribution in [2.75, 3.05) is 50.8 Å². The molecule has 3 aromatic rings. The number of hydrogen-bond donors (Lipinski definition) is 1. The molecule has 0 radical (unpaired) electrons. The van der Waals surface area contributed by atoms with Crippen LogP contribution in [0.4, 0.5) is 5.13 Å². The lowest BCUT2D eigenvalue weighted by Gasteiger charge is -2.34. The number of para-hydroxylation sites is 1. The third kappa shape index (κ3) is 4.29. The number of nitrogens with one attached hydrogen (secondary N) is 1. The first-order valence-electron chi connectivity index (χ1n) is 9.56. The Morgan fingerprint density at radius 2 is 2.07 bits per heavy atom. The number of benzene rings is 1. The van der Waals surface area contributed by atoms with Crippen LogP contribution in [0.25, 0.3) is 10.2 Å². The van der Waals surface area contributed by atoms with Crippen LogP contribution in [0.2, 0.25) is 0 Å². The monoisotopic (exact) mass is 416 g/mol. The number of nitrogens with zero attached hydrogens (tertiary/aromatic N) is 3. The van der Waals surface area contributed by atoms with Crippen molar-refractivity contribution in [2.24, 2.45) is 0 Å². The summed E-state index contributed by atoms with van der Waals surface area (Å²) in [5, 5.41) is 5.99. The van der Waals surface area contributed by atoms with Crippen molar-refractivity contribution in [1.29, 1.82) is 0 Å². The second-order valence-electron chi connectivity index (χ2n) is 6.59. The molecule has 0 aliphatic carbocycles. The predicted octanol–water partition coefficient (Wildman–Crippen LogP) is 3.31. The third-order valence-corrected chi connectivity index (χ3v) is 6.72. The summed E-state index contributed by atoms with van der Waals surface area (Å²) in [6.45, 7) is 8.04. The number of amides is 1. The van der Waals surface area contributed by atoms with Gasteiger partial charge in [0.2, 0.25) is 0 Å². The topological polar surface area (TPSA) is 57.7 Å². The van der Waals surface area contributed by atoms with E-state index in [4.69, 9.17) is 9.72 Å². The summed E-state index contributed by atoms with van der Waals surface area (Å²) in [7, 11) is 0. The molecule has 1 N–H and O–H groups in total. The number of anilines is 1. The maximum Gasteiger partial charge on any atom is 0.261 e. The molecular weight excluding hydrogens is 392 g/mol. The first-order valence-corrected chi connectivity index (χ1v) is 11.3. The molecule has 148 valence electrons. The van der Waals surface area contributed by atoms with Gasteiger partial charge in [0, 0.05) is 39.3 Å². The van der Waals surface area contributed by atoms with Crippen molar-refractivity contribution in [2.45, 2.75) is 6.92 Å².